The maximum Gasteiger partial charge on any atom is 0.296 e. The molecule has 4 aromatic carbocycles. The van der Waals surface area contributed by atoms with Crippen LogP contribution in [0.4, 0.5) is 5.13 Å². The highest BCUT2D eigenvalue weighted by atomic mass is 32.2. The van der Waals surface area contributed by atoms with Crippen LogP contribution in [-0.4, -0.2) is 32.1 Å². The number of amides is 1. The lowest BCUT2D eigenvalue weighted by Crippen LogP contribution is -2.30. The summed E-state index contributed by atoms with van der Waals surface area (Å²) in [5.74, 6) is -1.31. The molecule has 1 unspecified atom stereocenters. The minimum absolute atomic E-state index is 0.0310. The monoisotopic (exact) mass is 577 g/mol. The number of aromatic nitrogens is 2. The van der Waals surface area contributed by atoms with Crippen LogP contribution in [0, 0.1) is 0 Å². The minimum atomic E-state index is -0.994. The van der Waals surface area contributed by atoms with Crippen LogP contribution in [0.3, 0.4) is 0 Å². The SMILES string of the molecule is O=C(/C=C/c1ccccc1)C1=C(O)C(=O)N(c2nnc(SCc3cccc4ccccc34)s2)C1c1cccc(O)c1. The van der Waals surface area contributed by atoms with Crippen LogP contribution in [0.5, 0.6) is 5.75 Å². The van der Waals surface area contributed by atoms with Crippen molar-refractivity contribution < 1.29 is 19.8 Å². The molecule has 2 N–H and O–H groups in total. The molecule has 7 nitrogen and oxygen atoms in total. The van der Waals surface area contributed by atoms with E-state index in [0.29, 0.717) is 15.7 Å². The van der Waals surface area contributed by atoms with Crippen LogP contribution in [0.2, 0.25) is 0 Å². The molecular formula is C32H23N3O4S2. The van der Waals surface area contributed by atoms with E-state index in [0.717, 1.165) is 21.9 Å². The Morgan fingerprint density at radius 2 is 1.68 bits per heavy atom. The lowest BCUT2D eigenvalue weighted by molar-refractivity contribution is -0.117. The molecule has 5 aromatic rings. The molecule has 0 bridgehead atoms. The van der Waals surface area contributed by atoms with E-state index in [1.165, 1.54) is 46.2 Å². The summed E-state index contributed by atoms with van der Waals surface area (Å²) in [6, 6.07) is 28.9. The number of allylic oxidation sites excluding steroid dienone is 1. The summed E-state index contributed by atoms with van der Waals surface area (Å²) in [4.78, 5) is 28.1. The van der Waals surface area contributed by atoms with Gasteiger partial charge in [0.1, 0.15) is 5.75 Å². The number of thioether (sulfide) groups is 1. The van der Waals surface area contributed by atoms with Gasteiger partial charge in [0.15, 0.2) is 15.9 Å². The second-order valence-electron chi connectivity index (χ2n) is 9.32. The van der Waals surface area contributed by atoms with Gasteiger partial charge in [-0.3, -0.25) is 14.5 Å². The number of carbonyl (C=O) groups excluding carboxylic acids is 2. The second kappa shape index (κ2) is 11.4. The first-order chi connectivity index (χ1) is 20.0. The summed E-state index contributed by atoms with van der Waals surface area (Å²) in [6.45, 7) is 0. The van der Waals surface area contributed by atoms with Gasteiger partial charge in [0.2, 0.25) is 5.13 Å². The van der Waals surface area contributed by atoms with Crippen LogP contribution in [-0.2, 0) is 15.3 Å². The van der Waals surface area contributed by atoms with Gasteiger partial charge < -0.3 is 10.2 Å². The number of phenolic OH excluding ortho intramolecular Hbond substituents is 1. The van der Waals surface area contributed by atoms with E-state index in [4.69, 9.17) is 0 Å². The molecule has 0 fully saturated rings. The number of aliphatic hydroxyl groups excluding tert-OH is 1. The van der Waals surface area contributed by atoms with Crippen LogP contribution < -0.4 is 4.90 Å². The summed E-state index contributed by atoms with van der Waals surface area (Å²) < 4.78 is 0.638. The summed E-state index contributed by atoms with van der Waals surface area (Å²) in [5.41, 5.74) is 2.32. The van der Waals surface area contributed by atoms with E-state index in [2.05, 4.69) is 34.5 Å². The summed E-state index contributed by atoms with van der Waals surface area (Å²) >= 11 is 2.70. The molecule has 202 valence electrons. The van der Waals surface area contributed by atoms with Gasteiger partial charge in [-0.2, -0.15) is 0 Å². The molecule has 1 aliphatic heterocycles. The fraction of sp³-hybridized carbons (Fsp3) is 0.0625. The smallest absolute Gasteiger partial charge is 0.296 e. The Kier molecular flexibility index (Phi) is 7.37. The molecule has 0 saturated carbocycles. The summed E-state index contributed by atoms with van der Waals surface area (Å²) in [7, 11) is 0. The molecular weight excluding hydrogens is 555 g/mol. The first-order valence-electron chi connectivity index (χ1n) is 12.8. The molecule has 0 radical (unpaired) electrons. The van der Waals surface area contributed by atoms with E-state index in [1.807, 2.05) is 48.5 Å². The van der Waals surface area contributed by atoms with Gasteiger partial charge >= 0.3 is 0 Å². The molecule has 6 rings (SSSR count). The summed E-state index contributed by atoms with van der Waals surface area (Å²) in [5, 5.41) is 32.2. The predicted molar refractivity (Wildman–Crippen MR) is 162 cm³/mol. The number of hydrogen-bond acceptors (Lipinski definition) is 8. The Labute approximate surface area is 244 Å². The molecule has 0 spiro atoms. The molecule has 0 aliphatic carbocycles. The second-order valence-corrected chi connectivity index (χ2v) is 11.5. The average molecular weight is 578 g/mol. The number of benzene rings is 4. The van der Waals surface area contributed by atoms with Crippen molar-refractivity contribution in [1.29, 1.82) is 0 Å². The van der Waals surface area contributed by atoms with Crippen LogP contribution in [0.15, 0.2) is 119 Å². The highest BCUT2D eigenvalue weighted by Gasteiger charge is 2.45. The highest BCUT2D eigenvalue weighted by molar-refractivity contribution is 8.00. The number of nitrogens with zero attached hydrogens (tertiary/aromatic N) is 3. The van der Waals surface area contributed by atoms with Crippen molar-refractivity contribution in [3.8, 4) is 5.75 Å². The summed E-state index contributed by atoms with van der Waals surface area (Å²) in [6.07, 6.45) is 2.96. The van der Waals surface area contributed by atoms with Crippen molar-refractivity contribution in [2.75, 3.05) is 4.90 Å². The van der Waals surface area contributed by atoms with Gasteiger partial charge in [-0.15, -0.1) is 10.2 Å². The third-order valence-corrected chi connectivity index (χ3v) is 8.82. The molecule has 41 heavy (non-hydrogen) atoms. The van der Waals surface area contributed by atoms with Gasteiger partial charge in [0, 0.05) is 5.75 Å². The topological polar surface area (TPSA) is 104 Å². The molecule has 2 heterocycles. The number of carbonyl (C=O) groups is 2. The molecule has 1 atom stereocenters. The van der Waals surface area contributed by atoms with Crippen molar-refractivity contribution in [1.82, 2.24) is 10.2 Å². The maximum atomic E-state index is 13.4. The third kappa shape index (κ3) is 5.37. The first kappa shape index (κ1) is 26.5. The number of anilines is 1. The van der Waals surface area contributed by atoms with Crippen molar-refractivity contribution in [3.63, 3.8) is 0 Å². The number of aliphatic hydroxyl groups is 1. The van der Waals surface area contributed by atoms with Crippen molar-refractivity contribution in [2.45, 2.75) is 16.1 Å². The quantitative estimate of drug-likeness (QED) is 0.118. The molecule has 0 saturated heterocycles. The van der Waals surface area contributed by atoms with E-state index in [9.17, 15) is 19.8 Å². The van der Waals surface area contributed by atoms with Crippen LogP contribution >= 0.6 is 23.1 Å². The lowest BCUT2D eigenvalue weighted by Gasteiger charge is -2.23. The van der Waals surface area contributed by atoms with E-state index in [-0.39, 0.29) is 16.5 Å². The number of aromatic hydroxyl groups is 1. The Bertz CT molecular complexity index is 1830. The zero-order valence-corrected chi connectivity index (χ0v) is 23.2. The lowest BCUT2D eigenvalue weighted by atomic mass is 9.95. The zero-order chi connectivity index (χ0) is 28.3. The Balaban J connectivity index is 1.31. The number of ketones is 1. The first-order valence-corrected chi connectivity index (χ1v) is 14.6. The Morgan fingerprint density at radius 1 is 0.927 bits per heavy atom. The molecule has 1 aliphatic rings. The fourth-order valence-electron chi connectivity index (χ4n) is 4.81. The van der Waals surface area contributed by atoms with Crippen molar-refractivity contribution >= 4 is 56.8 Å². The third-order valence-electron chi connectivity index (χ3n) is 6.72. The number of phenols is 1. The number of hydrogen-bond donors (Lipinski definition) is 2. The highest BCUT2D eigenvalue weighted by Crippen LogP contribution is 2.44. The normalized spacial score (nSPS) is 15.4. The Hall–Kier alpha value is -4.73. The van der Waals surface area contributed by atoms with Gasteiger partial charge in [-0.05, 0) is 45.7 Å². The van der Waals surface area contributed by atoms with Crippen LogP contribution in [0.25, 0.3) is 16.8 Å². The van der Waals surface area contributed by atoms with Crippen LogP contribution in [0.1, 0.15) is 22.7 Å². The van der Waals surface area contributed by atoms with Gasteiger partial charge in [-0.1, -0.05) is 114 Å². The Morgan fingerprint density at radius 3 is 2.51 bits per heavy atom. The van der Waals surface area contributed by atoms with Crippen molar-refractivity contribution in [2.24, 2.45) is 0 Å². The molecule has 1 aromatic heterocycles. The zero-order valence-electron chi connectivity index (χ0n) is 21.5. The van der Waals surface area contributed by atoms with Gasteiger partial charge in [0.25, 0.3) is 5.91 Å². The average Bonchev–Trinajstić information content (AvgIpc) is 3.57. The number of rotatable bonds is 8. The van der Waals surface area contributed by atoms with Crippen molar-refractivity contribution in [3.05, 3.63) is 131 Å². The van der Waals surface area contributed by atoms with E-state index < -0.39 is 23.5 Å². The van der Waals surface area contributed by atoms with E-state index >= 15 is 0 Å². The number of fused-ring (bicyclic) bond motifs is 1. The van der Waals surface area contributed by atoms with Gasteiger partial charge in [-0.25, -0.2) is 0 Å². The predicted octanol–water partition coefficient (Wildman–Crippen LogP) is 6.87. The fourth-order valence-corrected chi connectivity index (χ4v) is 6.68. The van der Waals surface area contributed by atoms with Gasteiger partial charge in [0.05, 0.1) is 11.6 Å². The standard InChI is InChI=1S/C32H23N3O4S2/c36-24-14-7-12-22(18-24)28-27(26(37)17-16-20-8-2-1-3-9-20)29(38)30(39)35(28)31-33-34-32(41-31)40-19-23-13-6-11-21-10-4-5-15-25(21)23/h1-18,28,36,38H,19H2/b17-16+. The largest absolute Gasteiger partial charge is 0.508 e. The molecule has 1 amide bonds. The van der Waals surface area contributed by atoms with E-state index in [1.54, 1.807) is 18.2 Å². The molecule has 9 heteroatoms. The maximum absolute atomic E-state index is 13.4. The minimum Gasteiger partial charge on any atom is -0.508 e.